The fourth-order valence-corrected chi connectivity index (χ4v) is 6.60. The Morgan fingerprint density at radius 3 is 2.06 bits per heavy atom. The zero-order valence-electron chi connectivity index (χ0n) is 27.1. The minimum absolute atomic E-state index is 0.00771. The fraction of sp³-hybridized carbons (Fsp3) is 0.278. The highest BCUT2D eigenvalue weighted by molar-refractivity contribution is 7.92. The van der Waals surface area contributed by atoms with Crippen LogP contribution in [0.5, 0.6) is 11.5 Å². The second kappa shape index (κ2) is 15.8. The summed E-state index contributed by atoms with van der Waals surface area (Å²) in [4.78, 5) is 29.9. The summed E-state index contributed by atoms with van der Waals surface area (Å²) in [6.07, 6.45) is 0.208. The third-order valence-corrected chi connectivity index (χ3v) is 9.55. The molecule has 0 spiro atoms. The van der Waals surface area contributed by atoms with Crippen LogP contribution in [0.3, 0.4) is 0 Å². The third-order valence-electron chi connectivity index (χ3n) is 7.51. The quantitative estimate of drug-likeness (QED) is 0.175. The van der Waals surface area contributed by atoms with Crippen LogP contribution in [0.25, 0.3) is 0 Å². The molecule has 4 rings (SSSR count). The van der Waals surface area contributed by atoms with Crippen molar-refractivity contribution in [1.82, 2.24) is 10.2 Å². The first-order chi connectivity index (χ1) is 22.4. The Labute approximate surface area is 282 Å². The lowest BCUT2D eigenvalue weighted by Crippen LogP contribution is -2.54. The van der Waals surface area contributed by atoms with Gasteiger partial charge in [0.25, 0.3) is 10.0 Å². The van der Waals surface area contributed by atoms with Gasteiger partial charge in [-0.1, -0.05) is 71.8 Å². The molecule has 0 aliphatic rings. The molecule has 1 N–H and O–H groups in total. The fourth-order valence-electron chi connectivity index (χ4n) is 5.07. The standard InChI is InChI=1S/C36H40ClN3O6S/c1-25(2)38-36(42)32(21-27-9-7-6-8-10-27)39(23-28-13-15-29(37)16-14-28)35(41)24-40(30-17-20-33(45-4)34(22-30)46-5)47(43,44)31-18-11-26(3)12-19-31/h6-20,22,25,32H,21,23-24H2,1-5H3,(H,38,42)/t32-/m1/s1. The number of halogens is 1. The molecule has 0 fully saturated rings. The van der Waals surface area contributed by atoms with Gasteiger partial charge in [0.15, 0.2) is 11.5 Å². The van der Waals surface area contributed by atoms with Crippen LogP contribution < -0.4 is 19.1 Å². The molecule has 4 aromatic carbocycles. The maximum atomic E-state index is 14.6. The van der Waals surface area contributed by atoms with Crippen molar-refractivity contribution in [3.05, 3.63) is 119 Å². The van der Waals surface area contributed by atoms with Crippen LogP contribution in [0.2, 0.25) is 5.02 Å². The first-order valence-electron chi connectivity index (χ1n) is 15.1. The van der Waals surface area contributed by atoms with E-state index in [1.165, 1.54) is 37.3 Å². The molecule has 2 amide bonds. The normalized spacial score (nSPS) is 11.9. The van der Waals surface area contributed by atoms with Crippen molar-refractivity contribution in [1.29, 1.82) is 0 Å². The monoisotopic (exact) mass is 677 g/mol. The van der Waals surface area contributed by atoms with E-state index in [2.05, 4.69) is 5.32 Å². The number of ether oxygens (including phenoxy) is 2. The van der Waals surface area contributed by atoms with Crippen LogP contribution in [0.1, 0.15) is 30.5 Å². The van der Waals surface area contributed by atoms with Crippen LogP contribution in [0, 0.1) is 6.92 Å². The smallest absolute Gasteiger partial charge is 0.264 e. The van der Waals surface area contributed by atoms with Gasteiger partial charge < -0.3 is 19.7 Å². The first kappa shape index (κ1) is 35.3. The number of hydrogen-bond donors (Lipinski definition) is 1. The minimum atomic E-state index is -4.27. The van der Waals surface area contributed by atoms with E-state index in [9.17, 15) is 18.0 Å². The Morgan fingerprint density at radius 1 is 0.830 bits per heavy atom. The zero-order chi connectivity index (χ0) is 34.1. The summed E-state index contributed by atoms with van der Waals surface area (Å²) >= 11 is 6.15. The average molecular weight is 678 g/mol. The summed E-state index contributed by atoms with van der Waals surface area (Å²) in [7, 11) is -1.35. The van der Waals surface area contributed by atoms with Crippen LogP contribution in [-0.2, 0) is 32.6 Å². The molecule has 0 saturated carbocycles. The molecule has 0 aromatic heterocycles. The molecule has 4 aromatic rings. The molecule has 0 radical (unpaired) electrons. The molecule has 47 heavy (non-hydrogen) atoms. The van der Waals surface area contributed by atoms with Gasteiger partial charge in [0.05, 0.1) is 24.8 Å². The number of rotatable bonds is 14. The summed E-state index contributed by atoms with van der Waals surface area (Å²) in [5.74, 6) is -0.249. The molecule has 248 valence electrons. The summed E-state index contributed by atoms with van der Waals surface area (Å²) < 4.78 is 40.4. The van der Waals surface area contributed by atoms with Gasteiger partial charge in [-0.25, -0.2) is 8.42 Å². The molecule has 0 heterocycles. The van der Waals surface area contributed by atoms with Crippen LogP contribution in [0.15, 0.2) is 102 Å². The maximum absolute atomic E-state index is 14.6. The van der Waals surface area contributed by atoms with E-state index in [1.54, 1.807) is 48.5 Å². The minimum Gasteiger partial charge on any atom is -0.493 e. The van der Waals surface area contributed by atoms with E-state index in [0.717, 1.165) is 21.0 Å². The molecule has 0 saturated heterocycles. The second-order valence-electron chi connectivity index (χ2n) is 11.4. The Bertz CT molecular complexity index is 1770. The van der Waals surface area contributed by atoms with E-state index >= 15 is 0 Å². The van der Waals surface area contributed by atoms with Gasteiger partial charge in [0.2, 0.25) is 11.8 Å². The van der Waals surface area contributed by atoms with Crippen molar-refractivity contribution in [2.75, 3.05) is 25.1 Å². The van der Waals surface area contributed by atoms with Gasteiger partial charge in [-0.2, -0.15) is 0 Å². The van der Waals surface area contributed by atoms with Crippen molar-refractivity contribution in [2.24, 2.45) is 0 Å². The third kappa shape index (κ3) is 9.05. The van der Waals surface area contributed by atoms with Gasteiger partial charge in [0.1, 0.15) is 12.6 Å². The number of sulfonamides is 1. The largest absolute Gasteiger partial charge is 0.493 e. The number of hydrogen-bond acceptors (Lipinski definition) is 6. The van der Waals surface area contributed by atoms with Crippen LogP contribution in [-0.4, -0.2) is 58.0 Å². The Morgan fingerprint density at radius 2 is 1.47 bits per heavy atom. The van der Waals surface area contributed by atoms with Crippen molar-refractivity contribution >= 4 is 39.1 Å². The van der Waals surface area contributed by atoms with E-state index < -0.39 is 28.5 Å². The SMILES string of the molecule is COc1ccc(N(CC(=O)N(Cc2ccc(Cl)cc2)[C@H](Cc2ccccc2)C(=O)NC(C)C)S(=O)(=O)c2ccc(C)cc2)cc1OC. The van der Waals surface area contributed by atoms with Crippen LogP contribution in [0.4, 0.5) is 5.69 Å². The number of benzene rings is 4. The molecule has 1 atom stereocenters. The van der Waals surface area contributed by atoms with Gasteiger partial charge in [-0.05, 0) is 68.3 Å². The molecule has 0 aliphatic carbocycles. The number of nitrogens with one attached hydrogen (secondary N) is 1. The zero-order valence-corrected chi connectivity index (χ0v) is 28.7. The number of nitrogens with zero attached hydrogens (tertiary/aromatic N) is 2. The maximum Gasteiger partial charge on any atom is 0.264 e. The number of methoxy groups -OCH3 is 2. The van der Waals surface area contributed by atoms with Crippen LogP contribution >= 0.6 is 11.6 Å². The van der Waals surface area contributed by atoms with Crippen molar-refractivity contribution < 1.29 is 27.5 Å². The van der Waals surface area contributed by atoms with Crippen molar-refractivity contribution in [3.8, 4) is 11.5 Å². The lowest BCUT2D eigenvalue weighted by Gasteiger charge is -2.34. The van der Waals surface area contributed by atoms with E-state index in [0.29, 0.717) is 10.8 Å². The Kier molecular flexibility index (Phi) is 11.9. The molecule has 11 heteroatoms. The highest BCUT2D eigenvalue weighted by Gasteiger charge is 2.35. The van der Waals surface area contributed by atoms with E-state index in [4.69, 9.17) is 21.1 Å². The molecular formula is C36H40ClN3O6S. The van der Waals surface area contributed by atoms with Gasteiger partial charge in [-0.15, -0.1) is 0 Å². The Hall–Kier alpha value is -4.54. The molecule has 0 bridgehead atoms. The summed E-state index contributed by atoms with van der Waals surface area (Å²) in [6, 6.07) is 26.2. The number of amides is 2. The van der Waals surface area contributed by atoms with Gasteiger partial charge in [0, 0.05) is 30.1 Å². The number of anilines is 1. The molecule has 0 aliphatic heterocycles. The lowest BCUT2D eigenvalue weighted by atomic mass is 10.0. The first-order valence-corrected chi connectivity index (χ1v) is 16.9. The molecule has 0 unspecified atom stereocenters. The van der Waals surface area contributed by atoms with Gasteiger partial charge in [-0.3, -0.25) is 13.9 Å². The van der Waals surface area contributed by atoms with Crippen molar-refractivity contribution in [2.45, 2.75) is 50.7 Å². The van der Waals surface area contributed by atoms with E-state index in [-0.39, 0.29) is 41.2 Å². The molecule has 9 nitrogen and oxygen atoms in total. The van der Waals surface area contributed by atoms with Crippen molar-refractivity contribution in [3.63, 3.8) is 0 Å². The number of aryl methyl sites for hydroxylation is 1. The number of carbonyl (C=O) groups is 2. The number of carbonyl (C=O) groups excluding carboxylic acids is 2. The highest BCUT2D eigenvalue weighted by atomic mass is 35.5. The highest BCUT2D eigenvalue weighted by Crippen LogP contribution is 2.34. The molecular weight excluding hydrogens is 638 g/mol. The Balaban J connectivity index is 1.84. The average Bonchev–Trinajstić information content (AvgIpc) is 3.05. The predicted octanol–water partition coefficient (Wildman–Crippen LogP) is 6.03. The predicted molar refractivity (Wildman–Crippen MR) is 184 cm³/mol. The summed E-state index contributed by atoms with van der Waals surface area (Å²) in [6.45, 7) is 4.98. The van der Waals surface area contributed by atoms with E-state index in [1.807, 2.05) is 51.1 Å². The summed E-state index contributed by atoms with van der Waals surface area (Å²) in [5, 5.41) is 3.47. The summed E-state index contributed by atoms with van der Waals surface area (Å²) in [5.41, 5.74) is 2.63. The topological polar surface area (TPSA) is 105 Å². The second-order valence-corrected chi connectivity index (χ2v) is 13.7. The van der Waals surface area contributed by atoms with Gasteiger partial charge >= 0.3 is 0 Å². The lowest BCUT2D eigenvalue weighted by molar-refractivity contribution is -0.140.